The number of hydrogen-bond acceptors (Lipinski definition) is 3. The number of likely N-dealkylation sites (tertiary alicyclic amines) is 1. The second kappa shape index (κ2) is 10.2. The van der Waals surface area contributed by atoms with Gasteiger partial charge in [0.25, 0.3) is 0 Å². The van der Waals surface area contributed by atoms with Gasteiger partial charge in [-0.2, -0.15) is 0 Å². The van der Waals surface area contributed by atoms with Crippen molar-refractivity contribution in [1.29, 1.82) is 0 Å². The quantitative estimate of drug-likeness (QED) is 0.567. The van der Waals surface area contributed by atoms with Crippen LogP contribution in [0.15, 0.2) is 29.3 Å². The molecule has 0 spiro atoms. The van der Waals surface area contributed by atoms with Gasteiger partial charge in [-0.15, -0.1) is 0 Å². The van der Waals surface area contributed by atoms with Crippen molar-refractivity contribution in [3.63, 3.8) is 0 Å². The highest BCUT2D eigenvalue weighted by atomic mass is 16.5. The number of hydrogen-bond donors (Lipinski definition) is 2. The van der Waals surface area contributed by atoms with Crippen molar-refractivity contribution in [3.05, 3.63) is 29.8 Å². The van der Waals surface area contributed by atoms with Gasteiger partial charge >= 0.3 is 0 Å². The Morgan fingerprint density at radius 3 is 2.71 bits per heavy atom. The molecule has 1 atom stereocenters. The topological polar surface area (TPSA) is 48.9 Å². The van der Waals surface area contributed by atoms with E-state index in [1.807, 2.05) is 32.2 Å². The Kier molecular flexibility index (Phi) is 7.89. The van der Waals surface area contributed by atoms with Gasteiger partial charge in [0.05, 0.1) is 6.61 Å². The van der Waals surface area contributed by atoms with Gasteiger partial charge in [-0.05, 0) is 44.8 Å². The van der Waals surface area contributed by atoms with Gasteiger partial charge in [-0.25, -0.2) is 0 Å². The van der Waals surface area contributed by atoms with Crippen LogP contribution in [0.4, 0.5) is 0 Å². The van der Waals surface area contributed by atoms with Crippen molar-refractivity contribution in [2.24, 2.45) is 10.9 Å². The SMILES string of the molecule is CCOc1ccccc1CNC(=NC)NCC(C)CN1CCCC1. The van der Waals surface area contributed by atoms with Gasteiger partial charge in [-0.1, -0.05) is 25.1 Å². The molecule has 1 aliphatic heterocycles. The van der Waals surface area contributed by atoms with Gasteiger partial charge in [0.2, 0.25) is 0 Å². The van der Waals surface area contributed by atoms with E-state index in [1.165, 1.54) is 25.9 Å². The van der Waals surface area contributed by atoms with E-state index < -0.39 is 0 Å². The third kappa shape index (κ3) is 6.04. The first-order valence-corrected chi connectivity index (χ1v) is 9.10. The van der Waals surface area contributed by atoms with Gasteiger partial charge in [0.1, 0.15) is 5.75 Å². The molecule has 1 aromatic carbocycles. The van der Waals surface area contributed by atoms with Crippen LogP contribution in [-0.2, 0) is 6.54 Å². The molecule has 1 unspecified atom stereocenters. The summed E-state index contributed by atoms with van der Waals surface area (Å²) in [6, 6.07) is 8.13. The van der Waals surface area contributed by atoms with Crippen molar-refractivity contribution < 1.29 is 4.74 Å². The fourth-order valence-corrected chi connectivity index (χ4v) is 3.09. The zero-order chi connectivity index (χ0) is 17.2. The van der Waals surface area contributed by atoms with Crippen molar-refractivity contribution in [2.45, 2.75) is 33.2 Å². The maximum Gasteiger partial charge on any atom is 0.191 e. The Morgan fingerprint density at radius 2 is 2.00 bits per heavy atom. The van der Waals surface area contributed by atoms with Crippen molar-refractivity contribution in [3.8, 4) is 5.75 Å². The Balaban J connectivity index is 1.76. The molecule has 2 N–H and O–H groups in total. The van der Waals surface area contributed by atoms with Crippen LogP contribution in [0.5, 0.6) is 5.75 Å². The fourth-order valence-electron chi connectivity index (χ4n) is 3.09. The summed E-state index contributed by atoms with van der Waals surface area (Å²) in [4.78, 5) is 6.88. The Morgan fingerprint density at radius 1 is 1.25 bits per heavy atom. The first-order valence-electron chi connectivity index (χ1n) is 9.10. The molecule has 134 valence electrons. The number of benzene rings is 1. The lowest BCUT2D eigenvalue weighted by Crippen LogP contribution is -2.41. The Labute approximate surface area is 146 Å². The second-order valence-electron chi connectivity index (χ2n) is 6.46. The number of para-hydroxylation sites is 1. The Bertz CT molecular complexity index is 512. The van der Waals surface area contributed by atoms with Crippen molar-refractivity contribution in [1.82, 2.24) is 15.5 Å². The molecule has 0 aliphatic carbocycles. The zero-order valence-electron chi connectivity index (χ0n) is 15.3. The molecule has 2 rings (SSSR count). The summed E-state index contributed by atoms with van der Waals surface area (Å²) in [7, 11) is 1.81. The van der Waals surface area contributed by atoms with E-state index >= 15 is 0 Å². The number of nitrogens with one attached hydrogen (secondary N) is 2. The lowest BCUT2D eigenvalue weighted by Gasteiger charge is -2.21. The number of guanidine groups is 1. The minimum absolute atomic E-state index is 0.609. The first kappa shape index (κ1) is 18.6. The van der Waals surface area contributed by atoms with E-state index in [0.717, 1.165) is 30.4 Å². The highest BCUT2D eigenvalue weighted by molar-refractivity contribution is 5.79. The second-order valence-corrected chi connectivity index (χ2v) is 6.46. The highest BCUT2D eigenvalue weighted by Gasteiger charge is 2.14. The summed E-state index contributed by atoms with van der Waals surface area (Å²) in [6.45, 7) is 10.3. The molecule has 0 radical (unpaired) electrons. The molecule has 1 saturated heterocycles. The van der Waals surface area contributed by atoms with Gasteiger partial charge in [0.15, 0.2) is 5.96 Å². The molecule has 1 aromatic rings. The van der Waals surface area contributed by atoms with Crippen molar-refractivity contribution >= 4 is 5.96 Å². The maximum atomic E-state index is 5.67. The van der Waals surface area contributed by atoms with Crippen LogP contribution in [0.2, 0.25) is 0 Å². The molecule has 24 heavy (non-hydrogen) atoms. The number of aliphatic imine (C=N–C) groups is 1. The molecule has 5 nitrogen and oxygen atoms in total. The summed E-state index contributed by atoms with van der Waals surface area (Å²) >= 11 is 0. The third-order valence-corrected chi connectivity index (χ3v) is 4.33. The normalized spacial score (nSPS) is 16.9. The average molecular weight is 332 g/mol. The standard InChI is InChI=1S/C19H32N4O/c1-4-24-18-10-6-5-9-17(18)14-22-19(20-3)21-13-16(2)15-23-11-7-8-12-23/h5-6,9-10,16H,4,7-8,11-15H2,1-3H3,(H2,20,21,22). The first-order chi connectivity index (χ1) is 11.7. The van der Waals surface area contributed by atoms with Crippen LogP contribution in [0.25, 0.3) is 0 Å². The molecular formula is C19H32N4O. The summed E-state index contributed by atoms with van der Waals surface area (Å²) in [5.74, 6) is 2.39. The summed E-state index contributed by atoms with van der Waals surface area (Å²) in [5, 5.41) is 6.82. The number of ether oxygens (including phenoxy) is 1. The van der Waals surface area contributed by atoms with E-state index in [1.54, 1.807) is 0 Å². The molecule has 1 aliphatic rings. The molecule has 5 heteroatoms. The predicted molar refractivity (Wildman–Crippen MR) is 101 cm³/mol. The monoisotopic (exact) mass is 332 g/mol. The summed E-state index contributed by atoms with van der Waals surface area (Å²) in [6.07, 6.45) is 2.70. The van der Waals surface area contributed by atoms with Crippen LogP contribution in [0, 0.1) is 5.92 Å². The van der Waals surface area contributed by atoms with Gasteiger partial charge in [-0.3, -0.25) is 4.99 Å². The minimum atomic E-state index is 0.609. The van der Waals surface area contributed by atoms with E-state index in [0.29, 0.717) is 19.1 Å². The average Bonchev–Trinajstić information content (AvgIpc) is 3.09. The highest BCUT2D eigenvalue weighted by Crippen LogP contribution is 2.17. The fraction of sp³-hybridized carbons (Fsp3) is 0.632. The third-order valence-electron chi connectivity index (χ3n) is 4.33. The predicted octanol–water partition coefficient (Wildman–Crippen LogP) is 2.48. The molecular weight excluding hydrogens is 300 g/mol. The summed E-state index contributed by atoms with van der Waals surface area (Å²) in [5.41, 5.74) is 1.15. The number of rotatable bonds is 8. The zero-order valence-corrected chi connectivity index (χ0v) is 15.3. The van der Waals surface area contributed by atoms with Crippen LogP contribution in [-0.4, -0.2) is 50.7 Å². The number of nitrogens with zero attached hydrogens (tertiary/aromatic N) is 2. The molecule has 1 fully saturated rings. The molecule has 1 heterocycles. The molecule has 0 saturated carbocycles. The lowest BCUT2D eigenvalue weighted by atomic mass is 10.1. The van der Waals surface area contributed by atoms with E-state index in [9.17, 15) is 0 Å². The maximum absolute atomic E-state index is 5.67. The van der Waals surface area contributed by atoms with Gasteiger partial charge in [0, 0.05) is 32.2 Å². The van der Waals surface area contributed by atoms with Crippen LogP contribution in [0.3, 0.4) is 0 Å². The van der Waals surface area contributed by atoms with Crippen molar-refractivity contribution in [2.75, 3.05) is 39.8 Å². The largest absolute Gasteiger partial charge is 0.494 e. The smallest absolute Gasteiger partial charge is 0.191 e. The minimum Gasteiger partial charge on any atom is -0.494 e. The molecule has 0 bridgehead atoms. The molecule has 0 amide bonds. The summed E-state index contributed by atoms with van der Waals surface area (Å²) < 4.78 is 5.67. The van der Waals surface area contributed by atoms with Gasteiger partial charge < -0.3 is 20.3 Å². The van der Waals surface area contributed by atoms with E-state index in [4.69, 9.17) is 4.74 Å². The van der Waals surface area contributed by atoms with E-state index in [-0.39, 0.29) is 0 Å². The Hall–Kier alpha value is -1.75. The molecule has 0 aromatic heterocycles. The van der Waals surface area contributed by atoms with Crippen LogP contribution in [0.1, 0.15) is 32.3 Å². The van der Waals surface area contributed by atoms with E-state index in [2.05, 4.69) is 33.5 Å². The van der Waals surface area contributed by atoms with Crippen LogP contribution < -0.4 is 15.4 Å². The van der Waals surface area contributed by atoms with Crippen LogP contribution >= 0.6 is 0 Å². The lowest BCUT2D eigenvalue weighted by molar-refractivity contribution is 0.287.